The zero-order valence-electron chi connectivity index (χ0n) is 18.4. The first kappa shape index (κ1) is 22.6. The van der Waals surface area contributed by atoms with Gasteiger partial charge in [-0.05, 0) is 23.8 Å². The van der Waals surface area contributed by atoms with Crippen molar-refractivity contribution in [2.75, 3.05) is 17.2 Å². The van der Waals surface area contributed by atoms with Crippen molar-refractivity contribution in [1.29, 1.82) is 0 Å². The molecule has 4 aromatic rings. The van der Waals surface area contributed by atoms with Crippen molar-refractivity contribution in [2.45, 2.75) is 18.9 Å². The standard InChI is InChI=1S/C23H20F3N7O2/c1-32-21-14(7-29-32)5-16(10-28-21)30-18-4-2-3-13-11-33(22(35)20(13)18)12-19(34)31-17-6-15(8-27-9-17)23(24,25)26/h2-10,19,30-31,34H,11-12H2,1H3. The number of nitrogens with one attached hydrogen (secondary N) is 2. The van der Waals surface area contributed by atoms with Crippen LogP contribution >= 0.6 is 0 Å². The number of aliphatic hydroxyl groups is 1. The van der Waals surface area contributed by atoms with Crippen LogP contribution in [0.1, 0.15) is 21.5 Å². The lowest BCUT2D eigenvalue weighted by Crippen LogP contribution is -2.37. The number of rotatable bonds is 6. The quantitative estimate of drug-likeness (QED) is 0.360. The number of benzene rings is 1. The SMILES string of the molecule is Cn1ncc2cc(Nc3cccc4c3C(=O)N(CC(O)Nc3cncc(C(F)(F)F)c3)C4)cnc21. The second-order valence-corrected chi connectivity index (χ2v) is 8.18. The Morgan fingerprint density at radius 1 is 1.14 bits per heavy atom. The van der Waals surface area contributed by atoms with Gasteiger partial charge in [0.15, 0.2) is 5.65 Å². The van der Waals surface area contributed by atoms with Gasteiger partial charge < -0.3 is 20.6 Å². The summed E-state index contributed by atoms with van der Waals surface area (Å²) in [5.74, 6) is -0.304. The molecule has 9 nitrogen and oxygen atoms in total. The topological polar surface area (TPSA) is 108 Å². The molecule has 4 heterocycles. The molecule has 3 N–H and O–H groups in total. The van der Waals surface area contributed by atoms with Crippen molar-refractivity contribution in [1.82, 2.24) is 24.6 Å². The molecule has 0 bridgehead atoms. The van der Waals surface area contributed by atoms with E-state index in [4.69, 9.17) is 0 Å². The van der Waals surface area contributed by atoms with Crippen LogP contribution in [0.2, 0.25) is 0 Å². The molecule has 12 heteroatoms. The minimum atomic E-state index is -4.55. The normalized spacial score (nSPS) is 14.3. The van der Waals surface area contributed by atoms with E-state index in [-0.39, 0.29) is 24.7 Å². The van der Waals surface area contributed by atoms with Crippen molar-refractivity contribution < 1.29 is 23.1 Å². The fourth-order valence-corrected chi connectivity index (χ4v) is 4.06. The van der Waals surface area contributed by atoms with Gasteiger partial charge >= 0.3 is 6.18 Å². The highest BCUT2D eigenvalue weighted by Gasteiger charge is 2.33. The molecule has 1 aromatic carbocycles. The lowest BCUT2D eigenvalue weighted by Gasteiger charge is -2.22. The molecular weight excluding hydrogens is 463 g/mol. The highest BCUT2D eigenvalue weighted by molar-refractivity contribution is 6.04. The molecule has 1 amide bonds. The van der Waals surface area contributed by atoms with Crippen LogP contribution in [0.3, 0.4) is 0 Å². The van der Waals surface area contributed by atoms with E-state index in [0.29, 0.717) is 23.1 Å². The first-order valence-electron chi connectivity index (χ1n) is 10.6. The molecule has 35 heavy (non-hydrogen) atoms. The van der Waals surface area contributed by atoms with Crippen LogP contribution in [0.5, 0.6) is 0 Å². The van der Waals surface area contributed by atoms with Crippen LogP contribution < -0.4 is 10.6 Å². The van der Waals surface area contributed by atoms with Gasteiger partial charge in [0, 0.05) is 25.2 Å². The Morgan fingerprint density at radius 2 is 1.97 bits per heavy atom. The zero-order valence-corrected chi connectivity index (χ0v) is 18.4. The molecule has 1 aliphatic rings. The smallest absolute Gasteiger partial charge is 0.372 e. The number of pyridine rings is 2. The monoisotopic (exact) mass is 483 g/mol. The van der Waals surface area contributed by atoms with Crippen molar-refractivity contribution >= 4 is 34.0 Å². The van der Waals surface area contributed by atoms with E-state index in [1.807, 2.05) is 18.2 Å². The maximum absolute atomic E-state index is 13.2. The number of nitrogens with zero attached hydrogens (tertiary/aromatic N) is 5. The Hall–Kier alpha value is -4.19. The molecule has 5 rings (SSSR count). The fourth-order valence-electron chi connectivity index (χ4n) is 4.06. The Kier molecular flexibility index (Phi) is 5.52. The molecule has 0 aliphatic carbocycles. The van der Waals surface area contributed by atoms with Crippen LogP contribution in [-0.2, 0) is 19.8 Å². The number of anilines is 3. The zero-order chi connectivity index (χ0) is 24.7. The number of aryl methyl sites for hydroxylation is 1. The van der Waals surface area contributed by atoms with Crippen LogP contribution in [0.25, 0.3) is 11.0 Å². The number of β-amino-alcohol motifs (C(OH)–C–C–N with tert-alkyl or cyclic N) is 1. The van der Waals surface area contributed by atoms with E-state index >= 15 is 0 Å². The number of hydrogen-bond acceptors (Lipinski definition) is 7. The molecule has 1 aliphatic heterocycles. The van der Waals surface area contributed by atoms with Gasteiger partial charge in [-0.15, -0.1) is 0 Å². The average molecular weight is 483 g/mol. The summed E-state index contributed by atoms with van der Waals surface area (Å²) in [6.07, 6.45) is -0.626. The molecular formula is C23H20F3N7O2. The first-order chi connectivity index (χ1) is 16.7. The number of alkyl halides is 3. The molecule has 0 radical (unpaired) electrons. The number of carbonyl (C=O) groups is 1. The van der Waals surface area contributed by atoms with Crippen molar-refractivity contribution in [3.8, 4) is 0 Å². The second-order valence-electron chi connectivity index (χ2n) is 8.18. The third-order valence-electron chi connectivity index (χ3n) is 5.66. The molecule has 3 aromatic heterocycles. The molecule has 0 spiro atoms. The summed E-state index contributed by atoms with van der Waals surface area (Å²) in [5.41, 5.74) is 2.29. The Balaban J connectivity index is 1.30. The van der Waals surface area contributed by atoms with Gasteiger partial charge in [-0.1, -0.05) is 12.1 Å². The van der Waals surface area contributed by atoms with Gasteiger partial charge in [-0.2, -0.15) is 18.3 Å². The summed E-state index contributed by atoms with van der Waals surface area (Å²) in [6, 6.07) is 8.14. The molecule has 180 valence electrons. The largest absolute Gasteiger partial charge is 0.417 e. The van der Waals surface area contributed by atoms with Crippen LogP contribution in [0, 0.1) is 0 Å². The van der Waals surface area contributed by atoms with Gasteiger partial charge in [0.1, 0.15) is 6.23 Å². The van der Waals surface area contributed by atoms with Crippen LogP contribution in [0.4, 0.5) is 30.2 Å². The predicted octanol–water partition coefficient (Wildman–Crippen LogP) is 3.51. The number of halogens is 3. The van der Waals surface area contributed by atoms with Crippen molar-refractivity contribution in [3.63, 3.8) is 0 Å². The Labute approximate surface area is 197 Å². The third-order valence-corrected chi connectivity index (χ3v) is 5.66. The maximum atomic E-state index is 13.2. The highest BCUT2D eigenvalue weighted by Crippen LogP contribution is 2.32. The predicted molar refractivity (Wildman–Crippen MR) is 122 cm³/mol. The van der Waals surface area contributed by atoms with Crippen molar-refractivity contribution in [3.05, 3.63) is 71.8 Å². The Bertz CT molecular complexity index is 1420. The van der Waals surface area contributed by atoms with Gasteiger partial charge in [0.05, 0.1) is 53.3 Å². The number of hydrogen-bond donors (Lipinski definition) is 3. The van der Waals surface area contributed by atoms with Gasteiger partial charge in [-0.3, -0.25) is 14.5 Å². The minimum absolute atomic E-state index is 0.00265. The summed E-state index contributed by atoms with van der Waals surface area (Å²) in [7, 11) is 1.80. The average Bonchev–Trinajstić information content (AvgIpc) is 3.33. The first-order valence-corrected chi connectivity index (χ1v) is 10.6. The molecule has 1 atom stereocenters. The van der Waals surface area contributed by atoms with E-state index in [1.54, 1.807) is 30.2 Å². The molecule has 0 saturated heterocycles. The maximum Gasteiger partial charge on any atom is 0.417 e. The van der Waals surface area contributed by atoms with E-state index in [0.717, 1.165) is 22.7 Å². The van der Waals surface area contributed by atoms with Crippen LogP contribution in [0.15, 0.2) is 55.1 Å². The summed E-state index contributed by atoms with van der Waals surface area (Å²) in [6.45, 7) is 0.121. The summed E-state index contributed by atoms with van der Waals surface area (Å²) >= 11 is 0. The van der Waals surface area contributed by atoms with E-state index in [1.165, 1.54) is 11.1 Å². The second kappa shape index (κ2) is 8.55. The van der Waals surface area contributed by atoms with Gasteiger partial charge in [-0.25, -0.2) is 4.98 Å². The third kappa shape index (κ3) is 4.47. The molecule has 0 fully saturated rings. The van der Waals surface area contributed by atoms with Gasteiger partial charge in [0.25, 0.3) is 5.91 Å². The number of aromatic nitrogens is 4. The summed E-state index contributed by atoms with van der Waals surface area (Å²) in [5, 5.41) is 21.2. The summed E-state index contributed by atoms with van der Waals surface area (Å²) in [4.78, 5) is 22.5. The lowest BCUT2D eigenvalue weighted by molar-refractivity contribution is -0.137. The lowest BCUT2D eigenvalue weighted by atomic mass is 10.1. The highest BCUT2D eigenvalue weighted by atomic mass is 19.4. The summed E-state index contributed by atoms with van der Waals surface area (Å²) < 4.78 is 40.4. The number of amides is 1. The number of carbonyl (C=O) groups excluding carboxylic acids is 1. The fraction of sp³-hybridized carbons (Fsp3) is 0.217. The van der Waals surface area contributed by atoms with Crippen molar-refractivity contribution in [2.24, 2.45) is 7.05 Å². The van der Waals surface area contributed by atoms with Gasteiger partial charge in [0.2, 0.25) is 0 Å². The number of fused-ring (bicyclic) bond motifs is 2. The number of aliphatic hydroxyl groups excluding tert-OH is 1. The van der Waals surface area contributed by atoms with Crippen LogP contribution in [-0.4, -0.2) is 48.4 Å². The molecule has 1 unspecified atom stereocenters. The van der Waals surface area contributed by atoms with E-state index in [2.05, 4.69) is 25.7 Å². The van der Waals surface area contributed by atoms with E-state index in [9.17, 15) is 23.1 Å². The Morgan fingerprint density at radius 3 is 2.77 bits per heavy atom. The minimum Gasteiger partial charge on any atom is -0.372 e. The van der Waals surface area contributed by atoms with E-state index < -0.39 is 18.0 Å². The molecule has 0 saturated carbocycles.